The summed E-state index contributed by atoms with van der Waals surface area (Å²) < 4.78 is 6.76. The zero-order valence-electron chi connectivity index (χ0n) is 12.8. The van der Waals surface area contributed by atoms with Crippen molar-refractivity contribution in [1.29, 1.82) is 0 Å². The molecule has 0 saturated carbocycles. The molecule has 1 amide bonds. The molecule has 2 heterocycles. The summed E-state index contributed by atoms with van der Waals surface area (Å²) in [6.45, 7) is 1.96. The molecule has 0 spiro atoms. The van der Waals surface area contributed by atoms with Gasteiger partial charge < -0.3 is 9.30 Å². The van der Waals surface area contributed by atoms with Crippen molar-refractivity contribution in [3.8, 4) is 0 Å². The summed E-state index contributed by atoms with van der Waals surface area (Å²) in [6.07, 6.45) is 3.11. The maximum atomic E-state index is 12.8. The first-order chi connectivity index (χ1) is 11.0. The number of nitrogens with zero attached hydrogens (tertiary/aromatic N) is 3. The quantitative estimate of drug-likeness (QED) is 0.810. The van der Waals surface area contributed by atoms with Crippen LogP contribution in [0, 0.1) is 0 Å². The van der Waals surface area contributed by atoms with Crippen LogP contribution in [0.1, 0.15) is 23.1 Å². The Labute approximate surface area is 138 Å². The topological polar surface area (TPSA) is 64.4 Å². The van der Waals surface area contributed by atoms with Gasteiger partial charge in [-0.05, 0) is 24.6 Å². The number of carbonyl (C=O) groups excluding carboxylic acids is 2. The number of benzene rings is 1. The highest BCUT2D eigenvalue weighted by Crippen LogP contribution is 2.36. The van der Waals surface area contributed by atoms with Crippen LogP contribution < -0.4 is 4.90 Å². The fourth-order valence-electron chi connectivity index (χ4n) is 2.78. The second-order valence-electron chi connectivity index (χ2n) is 5.29. The first kappa shape index (κ1) is 15.6. The second kappa shape index (κ2) is 6.04. The van der Waals surface area contributed by atoms with E-state index in [1.165, 1.54) is 4.90 Å². The van der Waals surface area contributed by atoms with E-state index in [1.807, 2.05) is 6.07 Å². The molecule has 1 aliphatic heterocycles. The number of ketones is 1. The normalized spacial score (nSPS) is 16.3. The molecular weight excluding hydrogens is 318 g/mol. The van der Waals surface area contributed by atoms with E-state index in [-0.39, 0.29) is 12.4 Å². The Morgan fingerprint density at radius 1 is 1.43 bits per heavy atom. The molecule has 6 nitrogen and oxygen atoms in total. The number of hydrogen-bond donors (Lipinski definition) is 0. The number of hydrogen-bond acceptors (Lipinski definition) is 4. The third kappa shape index (κ3) is 2.70. The minimum atomic E-state index is -0.677. The van der Waals surface area contributed by atoms with Crippen LogP contribution in [-0.2, 0) is 18.2 Å². The lowest BCUT2D eigenvalue weighted by molar-refractivity contribution is 0.0937. The summed E-state index contributed by atoms with van der Waals surface area (Å²) >= 11 is 6.04. The van der Waals surface area contributed by atoms with Crippen molar-refractivity contribution in [1.82, 2.24) is 9.55 Å². The first-order valence-electron chi connectivity index (χ1n) is 7.29. The van der Waals surface area contributed by atoms with Gasteiger partial charge >= 0.3 is 6.09 Å². The molecule has 1 aliphatic rings. The van der Waals surface area contributed by atoms with Crippen molar-refractivity contribution < 1.29 is 14.3 Å². The maximum Gasteiger partial charge on any atom is 0.414 e. The largest absolute Gasteiger partial charge is 0.449 e. The van der Waals surface area contributed by atoms with Gasteiger partial charge in [-0.15, -0.1) is 0 Å². The van der Waals surface area contributed by atoms with Crippen LogP contribution in [0.5, 0.6) is 0 Å². The van der Waals surface area contributed by atoms with Crippen molar-refractivity contribution in [2.45, 2.75) is 19.4 Å². The highest BCUT2D eigenvalue weighted by Gasteiger charge is 2.40. The van der Waals surface area contributed by atoms with Crippen LogP contribution in [0.2, 0.25) is 5.02 Å². The standard InChI is InChI=1S/C16H16ClN3O3/c1-3-23-16(22)20-12-9-11(17)5-4-10(12)8-13(20)14(21)15-18-6-7-19(15)2/h4-7,9,13H,3,8H2,1-2H3. The van der Waals surface area contributed by atoms with Crippen LogP contribution in [0.3, 0.4) is 0 Å². The molecule has 0 radical (unpaired) electrons. The molecule has 0 fully saturated rings. The van der Waals surface area contributed by atoms with E-state index in [0.717, 1.165) is 5.56 Å². The van der Waals surface area contributed by atoms with Gasteiger partial charge in [0.15, 0.2) is 5.82 Å². The zero-order valence-corrected chi connectivity index (χ0v) is 13.6. The lowest BCUT2D eigenvalue weighted by Gasteiger charge is -2.23. The number of imidazole rings is 1. The number of anilines is 1. The molecule has 23 heavy (non-hydrogen) atoms. The monoisotopic (exact) mass is 333 g/mol. The fourth-order valence-corrected chi connectivity index (χ4v) is 2.95. The van der Waals surface area contributed by atoms with Gasteiger partial charge in [-0.1, -0.05) is 17.7 Å². The Kier molecular flexibility index (Phi) is 4.09. The van der Waals surface area contributed by atoms with Crippen LogP contribution in [-0.4, -0.2) is 34.1 Å². The van der Waals surface area contributed by atoms with E-state index < -0.39 is 12.1 Å². The highest BCUT2D eigenvalue weighted by molar-refractivity contribution is 6.31. The Morgan fingerprint density at radius 2 is 2.22 bits per heavy atom. The van der Waals surface area contributed by atoms with Crippen LogP contribution in [0.25, 0.3) is 0 Å². The van der Waals surface area contributed by atoms with Gasteiger partial charge in [-0.25, -0.2) is 9.78 Å². The number of carbonyl (C=O) groups is 2. The molecule has 120 valence electrons. The fraction of sp³-hybridized carbons (Fsp3) is 0.312. The van der Waals surface area contributed by atoms with E-state index in [0.29, 0.717) is 23.0 Å². The van der Waals surface area contributed by atoms with Crippen molar-refractivity contribution >= 4 is 29.2 Å². The number of halogens is 1. The second-order valence-corrected chi connectivity index (χ2v) is 5.72. The smallest absolute Gasteiger partial charge is 0.414 e. The average Bonchev–Trinajstić information content (AvgIpc) is 3.10. The predicted molar refractivity (Wildman–Crippen MR) is 86.0 cm³/mol. The molecule has 0 aliphatic carbocycles. The number of aromatic nitrogens is 2. The SMILES string of the molecule is CCOC(=O)N1c2cc(Cl)ccc2CC1C(=O)c1nccn1C. The van der Waals surface area contributed by atoms with Crippen LogP contribution >= 0.6 is 11.6 Å². The zero-order chi connectivity index (χ0) is 16.6. The Bertz CT molecular complexity index is 772. The Balaban J connectivity index is 2.01. The Hall–Kier alpha value is -2.34. The molecule has 0 saturated heterocycles. The van der Waals surface area contributed by atoms with E-state index in [4.69, 9.17) is 16.3 Å². The molecular formula is C16H16ClN3O3. The van der Waals surface area contributed by atoms with Gasteiger partial charge in [-0.2, -0.15) is 0 Å². The average molecular weight is 334 g/mol. The number of fused-ring (bicyclic) bond motifs is 1. The molecule has 7 heteroatoms. The lowest BCUT2D eigenvalue weighted by atomic mass is 10.1. The number of rotatable bonds is 3. The third-order valence-electron chi connectivity index (χ3n) is 3.84. The van der Waals surface area contributed by atoms with Gasteiger partial charge in [0.05, 0.1) is 12.3 Å². The van der Waals surface area contributed by atoms with E-state index in [2.05, 4.69) is 4.98 Å². The molecule has 3 rings (SSSR count). The maximum absolute atomic E-state index is 12.8. The molecule has 2 aromatic rings. The molecule has 0 bridgehead atoms. The van der Waals surface area contributed by atoms with Gasteiger partial charge in [0, 0.05) is 30.9 Å². The van der Waals surface area contributed by atoms with Crippen LogP contribution in [0.4, 0.5) is 10.5 Å². The summed E-state index contributed by atoms with van der Waals surface area (Å²) in [6, 6.07) is 4.58. The predicted octanol–water partition coefficient (Wildman–Crippen LogP) is 2.84. The Morgan fingerprint density at radius 3 is 2.87 bits per heavy atom. The minimum Gasteiger partial charge on any atom is -0.449 e. The summed E-state index contributed by atoms with van der Waals surface area (Å²) in [5.74, 6) is 0.0843. The van der Waals surface area contributed by atoms with Crippen LogP contribution in [0.15, 0.2) is 30.6 Å². The number of amides is 1. The van der Waals surface area contributed by atoms with Gasteiger partial charge in [-0.3, -0.25) is 9.69 Å². The first-order valence-corrected chi connectivity index (χ1v) is 7.66. The molecule has 1 atom stereocenters. The number of Topliss-reactive ketones (excluding diaryl/α,β-unsaturated/α-hetero) is 1. The van der Waals surface area contributed by atoms with Crippen molar-refractivity contribution in [2.75, 3.05) is 11.5 Å². The highest BCUT2D eigenvalue weighted by atomic mass is 35.5. The summed E-state index contributed by atoms with van der Waals surface area (Å²) in [4.78, 5) is 30.7. The van der Waals surface area contributed by atoms with Gasteiger partial charge in [0.1, 0.15) is 6.04 Å². The molecule has 1 aromatic carbocycles. The van der Waals surface area contributed by atoms with Crippen molar-refractivity contribution in [3.05, 3.63) is 47.0 Å². The minimum absolute atomic E-state index is 0.224. The van der Waals surface area contributed by atoms with Gasteiger partial charge in [0.2, 0.25) is 5.78 Å². The molecule has 1 aromatic heterocycles. The van der Waals surface area contributed by atoms with Gasteiger partial charge in [0.25, 0.3) is 0 Å². The molecule has 0 N–H and O–H groups in total. The lowest BCUT2D eigenvalue weighted by Crippen LogP contribution is -2.44. The van der Waals surface area contributed by atoms with E-state index in [1.54, 1.807) is 43.1 Å². The summed E-state index contributed by atoms with van der Waals surface area (Å²) in [5.41, 5.74) is 1.50. The van der Waals surface area contributed by atoms with Crippen molar-refractivity contribution in [3.63, 3.8) is 0 Å². The summed E-state index contributed by atoms with van der Waals surface area (Å²) in [5, 5.41) is 0.503. The number of ether oxygens (including phenoxy) is 1. The van der Waals surface area contributed by atoms with E-state index in [9.17, 15) is 9.59 Å². The third-order valence-corrected chi connectivity index (χ3v) is 4.08. The summed E-state index contributed by atoms with van der Waals surface area (Å²) in [7, 11) is 1.74. The van der Waals surface area contributed by atoms with Crippen molar-refractivity contribution in [2.24, 2.45) is 7.05 Å². The number of aryl methyl sites for hydroxylation is 1. The van der Waals surface area contributed by atoms with E-state index >= 15 is 0 Å². The molecule has 1 unspecified atom stereocenters.